The SMILES string of the molecule is CCOc1ccc(S(=O)(=O)Nc2ccnn2C)cc1. The Kier molecular flexibility index (Phi) is 3.75. The maximum absolute atomic E-state index is 12.1. The zero-order valence-corrected chi connectivity index (χ0v) is 11.5. The molecule has 0 fully saturated rings. The Morgan fingerprint density at radius 1 is 1.26 bits per heavy atom. The van der Waals surface area contributed by atoms with Crippen LogP contribution in [0.5, 0.6) is 5.75 Å². The van der Waals surface area contributed by atoms with Gasteiger partial charge in [0.15, 0.2) is 0 Å². The zero-order valence-electron chi connectivity index (χ0n) is 10.7. The van der Waals surface area contributed by atoms with Crippen LogP contribution in [0.25, 0.3) is 0 Å². The molecule has 0 spiro atoms. The summed E-state index contributed by atoms with van der Waals surface area (Å²) in [5, 5.41) is 3.90. The van der Waals surface area contributed by atoms with Gasteiger partial charge in [0, 0.05) is 13.1 Å². The van der Waals surface area contributed by atoms with E-state index < -0.39 is 10.0 Å². The first-order valence-corrected chi connectivity index (χ1v) is 7.25. The van der Waals surface area contributed by atoms with Gasteiger partial charge in [-0.3, -0.25) is 9.40 Å². The molecule has 0 amide bonds. The number of anilines is 1. The number of aromatic nitrogens is 2. The van der Waals surface area contributed by atoms with Crippen LogP contribution in [0.2, 0.25) is 0 Å². The highest BCUT2D eigenvalue weighted by molar-refractivity contribution is 7.92. The third-order valence-electron chi connectivity index (χ3n) is 2.50. The van der Waals surface area contributed by atoms with Crippen molar-refractivity contribution in [1.82, 2.24) is 9.78 Å². The summed E-state index contributed by atoms with van der Waals surface area (Å²) in [5.74, 6) is 1.05. The van der Waals surface area contributed by atoms with E-state index in [-0.39, 0.29) is 4.90 Å². The molecule has 0 aliphatic heterocycles. The maximum Gasteiger partial charge on any atom is 0.263 e. The normalized spacial score (nSPS) is 11.3. The monoisotopic (exact) mass is 281 g/mol. The van der Waals surface area contributed by atoms with Crippen molar-refractivity contribution < 1.29 is 13.2 Å². The number of hydrogen-bond donors (Lipinski definition) is 1. The van der Waals surface area contributed by atoms with Crippen molar-refractivity contribution >= 4 is 15.8 Å². The summed E-state index contributed by atoms with van der Waals surface area (Å²) in [6.07, 6.45) is 1.52. The van der Waals surface area contributed by atoms with Crippen LogP contribution in [0.1, 0.15) is 6.92 Å². The fourth-order valence-electron chi connectivity index (χ4n) is 1.55. The first-order chi connectivity index (χ1) is 9.03. The molecule has 2 aromatic rings. The number of sulfonamides is 1. The first kappa shape index (κ1) is 13.4. The van der Waals surface area contributed by atoms with Gasteiger partial charge in [-0.15, -0.1) is 0 Å². The Morgan fingerprint density at radius 3 is 2.47 bits per heavy atom. The highest BCUT2D eigenvalue weighted by atomic mass is 32.2. The average molecular weight is 281 g/mol. The molecule has 1 aromatic heterocycles. The molecule has 0 aliphatic rings. The van der Waals surface area contributed by atoms with Gasteiger partial charge in [-0.05, 0) is 31.2 Å². The summed E-state index contributed by atoms with van der Waals surface area (Å²) in [4.78, 5) is 0.178. The van der Waals surface area contributed by atoms with Crippen LogP contribution in [0.3, 0.4) is 0 Å². The molecule has 102 valence electrons. The van der Waals surface area contributed by atoms with Gasteiger partial charge in [-0.25, -0.2) is 8.42 Å². The lowest BCUT2D eigenvalue weighted by molar-refractivity contribution is 0.340. The summed E-state index contributed by atoms with van der Waals surface area (Å²) in [5.41, 5.74) is 0. The highest BCUT2D eigenvalue weighted by Gasteiger charge is 2.15. The molecule has 19 heavy (non-hydrogen) atoms. The second-order valence-electron chi connectivity index (χ2n) is 3.85. The summed E-state index contributed by atoms with van der Waals surface area (Å²) in [6, 6.07) is 7.85. The largest absolute Gasteiger partial charge is 0.494 e. The topological polar surface area (TPSA) is 73.2 Å². The molecule has 0 unspecified atom stereocenters. The van der Waals surface area contributed by atoms with Crippen LogP contribution in [-0.2, 0) is 17.1 Å². The minimum Gasteiger partial charge on any atom is -0.494 e. The number of rotatable bonds is 5. The van der Waals surface area contributed by atoms with Crippen LogP contribution in [-0.4, -0.2) is 24.8 Å². The Labute approximate surface area is 112 Å². The van der Waals surface area contributed by atoms with Crippen LogP contribution in [0.4, 0.5) is 5.82 Å². The molecular formula is C12H15N3O3S. The van der Waals surface area contributed by atoms with E-state index >= 15 is 0 Å². The minimum atomic E-state index is -3.60. The van der Waals surface area contributed by atoms with Crippen LogP contribution in [0.15, 0.2) is 41.4 Å². The molecular weight excluding hydrogens is 266 g/mol. The van der Waals surface area contributed by atoms with Crippen molar-refractivity contribution in [2.45, 2.75) is 11.8 Å². The van der Waals surface area contributed by atoms with E-state index in [9.17, 15) is 8.42 Å². The molecule has 2 rings (SSSR count). The van der Waals surface area contributed by atoms with Crippen molar-refractivity contribution in [2.24, 2.45) is 7.05 Å². The summed E-state index contributed by atoms with van der Waals surface area (Å²) in [6.45, 7) is 2.41. The fraction of sp³-hybridized carbons (Fsp3) is 0.250. The Bertz CT molecular complexity index is 647. The van der Waals surface area contributed by atoms with Crippen molar-refractivity contribution in [3.05, 3.63) is 36.5 Å². The molecule has 0 atom stereocenters. The van der Waals surface area contributed by atoms with Crippen molar-refractivity contribution in [3.8, 4) is 5.75 Å². The third kappa shape index (κ3) is 3.05. The molecule has 0 saturated heterocycles. The van der Waals surface area contributed by atoms with E-state index in [1.165, 1.54) is 23.0 Å². The van der Waals surface area contributed by atoms with Gasteiger partial charge in [-0.2, -0.15) is 5.10 Å². The van der Waals surface area contributed by atoms with E-state index in [4.69, 9.17) is 4.74 Å². The smallest absolute Gasteiger partial charge is 0.263 e. The van der Waals surface area contributed by atoms with Gasteiger partial charge in [0.2, 0.25) is 0 Å². The minimum absolute atomic E-state index is 0.178. The zero-order chi connectivity index (χ0) is 13.9. The summed E-state index contributed by atoms with van der Waals surface area (Å²) < 4.78 is 33.4. The number of benzene rings is 1. The van der Waals surface area contributed by atoms with Gasteiger partial charge in [-0.1, -0.05) is 0 Å². The molecule has 1 N–H and O–H groups in total. The Morgan fingerprint density at radius 2 is 1.95 bits per heavy atom. The molecule has 7 heteroatoms. The fourth-order valence-corrected chi connectivity index (χ4v) is 2.64. The average Bonchev–Trinajstić information content (AvgIpc) is 2.75. The lowest BCUT2D eigenvalue weighted by Crippen LogP contribution is -2.15. The lowest BCUT2D eigenvalue weighted by Gasteiger charge is -2.09. The summed E-state index contributed by atoms with van der Waals surface area (Å²) >= 11 is 0. The number of ether oxygens (including phenoxy) is 1. The van der Waals surface area contributed by atoms with Crippen LogP contribution >= 0.6 is 0 Å². The molecule has 6 nitrogen and oxygen atoms in total. The molecule has 1 heterocycles. The highest BCUT2D eigenvalue weighted by Crippen LogP contribution is 2.18. The maximum atomic E-state index is 12.1. The number of hydrogen-bond acceptors (Lipinski definition) is 4. The van der Waals surface area contributed by atoms with E-state index in [1.54, 1.807) is 25.2 Å². The van der Waals surface area contributed by atoms with Crippen molar-refractivity contribution in [2.75, 3.05) is 11.3 Å². The Balaban J connectivity index is 2.22. The quantitative estimate of drug-likeness (QED) is 0.903. The third-order valence-corrected chi connectivity index (χ3v) is 3.88. The number of nitrogens with zero attached hydrogens (tertiary/aromatic N) is 2. The standard InChI is InChI=1S/C12H15N3O3S/c1-3-18-10-4-6-11(7-5-10)19(16,17)14-12-8-9-13-15(12)2/h4-9,14H,3H2,1-2H3. The van der Waals surface area contributed by atoms with E-state index in [1.807, 2.05) is 6.92 Å². The van der Waals surface area contributed by atoms with Gasteiger partial charge in [0.1, 0.15) is 11.6 Å². The molecule has 0 bridgehead atoms. The molecule has 0 saturated carbocycles. The van der Waals surface area contributed by atoms with Crippen LogP contribution < -0.4 is 9.46 Å². The van der Waals surface area contributed by atoms with E-state index in [2.05, 4.69) is 9.82 Å². The van der Waals surface area contributed by atoms with Crippen molar-refractivity contribution in [1.29, 1.82) is 0 Å². The lowest BCUT2D eigenvalue weighted by atomic mass is 10.3. The Hall–Kier alpha value is -2.02. The van der Waals surface area contributed by atoms with Gasteiger partial charge in [0.25, 0.3) is 10.0 Å². The molecule has 1 aromatic carbocycles. The predicted octanol–water partition coefficient (Wildman–Crippen LogP) is 1.62. The first-order valence-electron chi connectivity index (χ1n) is 5.76. The van der Waals surface area contributed by atoms with Gasteiger partial charge in [0.05, 0.1) is 17.7 Å². The second-order valence-corrected chi connectivity index (χ2v) is 5.53. The van der Waals surface area contributed by atoms with Gasteiger partial charge < -0.3 is 4.74 Å². The van der Waals surface area contributed by atoms with Crippen molar-refractivity contribution in [3.63, 3.8) is 0 Å². The van der Waals surface area contributed by atoms with Gasteiger partial charge >= 0.3 is 0 Å². The predicted molar refractivity (Wildman–Crippen MR) is 71.6 cm³/mol. The number of nitrogens with one attached hydrogen (secondary N) is 1. The van der Waals surface area contributed by atoms with Crippen LogP contribution in [0, 0.1) is 0 Å². The molecule has 0 aliphatic carbocycles. The molecule has 0 radical (unpaired) electrons. The number of aryl methyl sites for hydroxylation is 1. The van der Waals surface area contributed by atoms with E-state index in [0.29, 0.717) is 18.2 Å². The van der Waals surface area contributed by atoms with E-state index in [0.717, 1.165) is 0 Å². The second kappa shape index (κ2) is 5.31. The summed E-state index contributed by atoms with van der Waals surface area (Å²) in [7, 11) is -1.94.